The van der Waals surface area contributed by atoms with Crippen LogP contribution in [0.1, 0.15) is 54.9 Å². The molecule has 0 N–H and O–H groups in total. The van der Waals surface area contributed by atoms with Crippen molar-refractivity contribution in [2.45, 2.75) is 51.6 Å². The van der Waals surface area contributed by atoms with E-state index in [-0.39, 0.29) is 24.2 Å². The number of rotatable bonds is 7. The Labute approximate surface area is 138 Å². The number of methoxy groups -OCH3 is 1. The number of hydrogen-bond acceptors (Lipinski definition) is 3. The summed E-state index contributed by atoms with van der Waals surface area (Å²) in [5.74, 6) is 0.128. The third kappa shape index (κ3) is 5.17. The summed E-state index contributed by atoms with van der Waals surface area (Å²) in [4.78, 5) is 26.3. The molecule has 1 fully saturated rings. The van der Waals surface area contributed by atoms with E-state index < -0.39 is 0 Å². The molecule has 0 radical (unpaired) electrons. The number of piperidine rings is 1. The number of ether oxygens (including phenoxy) is 1. The molecule has 1 heterocycles. The average molecular weight is 317 g/mol. The standard InChI is InChI=1S/C19H27NO3/c1-3-4-15-5-7-16(8-6-15)18(21)9-10-19(22)20-13-11-17(23-2)12-14-20/h5-8,17H,3-4,9-14H2,1-2H3. The van der Waals surface area contributed by atoms with Gasteiger partial charge in [0.05, 0.1) is 6.10 Å². The Hall–Kier alpha value is -1.68. The van der Waals surface area contributed by atoms with Crippen molar-refractivity contribution in [3.05, 3.63) is 35.4 Å². The summed E-state index contributed by atoms with van der Waals surface area (Å²) in [5, 5.41) is 0. The fourth-order valence-electron chi connectivity index (χ4n) is 3.01. The van der Waals surface area contributed by atoms with Crippen molar-refractivity contribution in [1.29, 1.82) is 0 Å². The lowest BCUT2D eigenvalue weighted by atomic mass is 10.0. The zero-order valence-corrected chi connectivity index (χ0v) is 14.2. The van der Waals surface area contributed by atoms with Crippen molar-refractivity contribution in [1.82, 2.24) is 4.90 Å². The number of likely N-dealkylation sites (tertiary alicyclic amines) is 1. The van der Waals surface area contributed by atoms with Crippen molar-refractivity contribution < 1.29 is 14.3 Å². The number of carbonyl (C=O) groups is 2. The third-order valence-corrected chi connectivity index (χ3v) is 4.51. The van der Waals surface area contributed by atoms with Crippen molar-refractivity contribution in [2.24, 2.45) is 0 Å². The van der Waals surface area contributed by atoms with Gasteiger partial charge in [0.1, 0.15) is 0 Å². The van der Waals surface area contributed by atoms with E-state index in [1.807, 2.05) is 29.2 Å². The lowest BCUT2D eigenvalue weighted by Crippen LogP contribution is -2.40. The van der Waals surface area contributed by atoms with E-state index in [1.165, 1.54) is 5.56 Å². The van der Waals surface area contributed by atoms with Crippen LogP contribution < -0.4 is 0 Å². The Morgan fingerprint density at radius 1 is 1.13 bits per heavy atom. The molecule has 1 amide bonds. The number of aryl methyl sites for hydroxylation is 1. The van der Waals surface area contributed by atoms with Crippen molar-refractivity contribution in [3.8, 4) is 0 Å². The molecule has 4 heteroatoms. The number of nitrogens with zero attached hydrogens (tertiary/aromatic N) is 1. The molecule has 0 aliphatic carbocycles. The number of ketones is 1. The van der Waals surface area contributed by atoms with E-state index in [0.717, 1.165) is 38.8 Å². The Kier molecular flexibility index (Phi) is 6.78. The van der Waals surface area contributed by atoms with Crippen LogP contribution in [0.25, 0.3) is 0 Å². The fraction of sp³-hybridized carbons (Fsp3) is 0.579. The molecule has 0 bridgehead atoms. The van der Waals surface area contributed by atoms with Gasteiger partial charge >= 0.3 is 0 Å². The molecule has 1 aliphatic heterocycles. The van der Waals surface area contributed by atoms with Crippen LogP contribution in [0.4, 0.5) is 0 Å². The maximum Gasteiger partial charge on any atom is 0.223 e. The smallest absolute Gasteiger partial charge is 0.223 e. The van der Waals surface area contributed by atoms with Crippen LogP contribution in [-0.4, -0.2) is 42.9 Å². The molecule has 1 aliphatic rings. The summed E-state index contributed by atoms with van der Waals surface area (Å²) >= 11 is 0. The Balaban J connectivity index is 1.78. The number of benzene rings is 1. The van der Waals surface area contributed by atoms with Crippen LogP contribution in [0.3, 0.4) is 0 Å². The lowest BCUT2D eigenvalue weighted by Gasteiger charge is -2.31. The molecule has 2 rings (SSSR count). The molecule has 0 atom stereocenters. The van der Waals surface area contributed by atoms with Crippen LogP contribution in [0.15, 0.2) is 24.3 Å². The molecule has 0 saturated carbocycles. The lowest BCUT2D eigenvalue weighted by molar-refractivity contribution is -0.133. The number of Topliss-reactive ketones (excluding diaryl/α,β-unsaturated/α-hetero) is 1. The Morgan fingerprint density at radius 3 is 2.35 bits per heavy atom. The van der Waals surface area contributed by atoms with Crippen LogP contribution >= 0.6 is 0 Å². The predicted octanol–water partition coefficient (Wildman–Crippen LogP) is 3.24. The molecular formula is C19H27NO3. The minimum absolute atomic E-state index is 0.0492. The molecule has 1 saturated heterocycles. The van der Waals surface area contributed by atoms with E-state index in [4.69, 9.17) is 4.74 Å². The highest BCUT2D eigenvalue weighted by molar-refractivity contribution is 5.98. The zero-order valence-electron chi connectivity index (χ0n) is 14.2. The minimum Gasteiger partial charge on any atom is -0.381 e. The van der Waals surface area contributed by atoms with Gasteiger partial charge in [0.25, 0.3) is 0 Å². The largest absolute Gasteiger partial charge is 0.381 e. The fourth-order valence-corrected chi connectivity index (χ4v) is 3.01. The summed E-state index contributed by atoms with van der Waals surface area (Å²) in [7, 11) is 1.71. The van der Waals surface area contributed by atoms with Gasteiger partial charge in [-0.3, -0.25) is 9.59 Å². The molecular weight excluding hydrogens is 290 g/mol. The second kappa shape index (κ2) is 8.82. The van der Waals surface area contributed by atoms with E-state index >= 15 is 0 Å². The van der Waals surface area contributed by atoms with Crippen molar-refractivity contribution in [3.63, 3.8) is 0 Å². The topological polar surface area (TPSA) is 46.6 Å². The second-order valence-electron chi connectivity index (χ2n) is 6.19. The van der Waals surface area contributed by atoms with Crippen molar-refractivity contribution >= 4 is 11.7 Å². The molecule has 126 valence electrons. The van der Waals surface area contributed by atoms with Gasteiger partial charge in [0.15, 0.2) is 5.78 Å². The molecule has 4 nitrogen and oxygen atoms in total. The Morgan fingerprint density at radius 2 is 1.78 bits per heavy atom. The van der Waals surface area contributed by atoms with Gasteiger partial charge in [-0.1, -0.05) is 37.6 Å². The zero-order chi connectivity index (χ0) is 16.7. The van der Waals surface area contributed by atoms with Gasteiger partial charge in [-0.25, -0.2) is 0 Å². The van der Waals surface area contributed by atoms with Gasteiger partial charge in [0.2, 0.25) is 5.91 Å². The van der Waals surface area contributed by atoms with Crippen LogP contribution in [0.2, 0.25) is 0 Å². The highest BCUT2D eigenvalue weighted by Gasteiger charge is 2.22. The first-order chi connectivity index (χ1) is 11.1. The van der Waals surface area contributed by atoms with Gasteiger partial charge in [-0.2, -0.15) is 0 Å². The Bertz CT molecular complexity index is 516. The summed E-state index contributed by atoms with van der Waals surface area (Å²) in [5.41, 5.74) is 1.96. The van der Waals surface area contributed by atoms with Gasteiger partial charge in [-0.05, 0) is 24.8 Å². The summed E-state index contributed by atoms with van der Waals surface area (Å²) < 4.78 is 5.31. The highest BCUT2D eigenvalue weighted by Crippen LogP contribution is 2.15. The van der Waals surface area contributed by atoms with E-state index in [0.29, 0.717) is 12.0 Å². The molecule has 1 aromatic carbocycles. The third-order valence-electron chi connectivity index (χ3n) is 4.51. The molecule has 0 aromatic heterocycles. The molecule has 0 spiro atoms. The number of amides is 1. The van der Waals surface area contributed by atoms with Crippen molar-refractivity contribution in [2.75, 3.05) is 20.2 Å². The van der Waals surface area contributed by atoms with Crippen LogP contribution in [0, 0.1) is 0 Å². The first-order valence-corrected chi connectivity index (χ1v) is 8.56. The van der Waals surface area contributed by atoms with E-state index in [9.17, 15) is 9.59 Å². The maximum absolute atomic E-state index is 12.2. The molecule has 1 aromatic rings. The quantitative estimate of drug-likeness (QED) is 0.725. The minimum atomic E-state index is 0.0492. The van der Waals surface area contributed by atoms with E-state index in [1.54, 1.807) is 7.11 Å². The molecule has 23 heavy (non-hydrogen) atoms. The second-order valence-corrected chi connectivity index (χ2v) is 6.19. The summed E-state index contributed by atoms with van der Waals surface area (Å²) in [6, 6.07) is 7.77. The molecule has 0 unspecified atom stereocenters. The monoisotopic (exact) mass is 317 g/mol. The van der Waals surface area contributed by atoms with Crippen LogP contribution in [-0.2, 0) is 16.0 Å². The highest BCUT2D eigenvalue weighted by atomic mass is 16.5. The first kappa shape index (κ1) is 17.7. The number of carbonyl (C=O) groups excluding carboxylic acids is 2. The van der Waals surface area contributed by atoms with Gasteiger partial charge in [0, 0.05) is 38.6 Å². The predicted molar refractivity (Wildman–Crippen MR) is 90.6 cm³/mol. The average Bonchev–Trinajstić information content (AvgIpc) is 2.60. The van der Waals surface area contributed by atoms with Gasteiger partial charge < -0.3 is 9.64 Å². The first-order valence-electron chi connectivity index (χ1n) is 8.56. The van der Waals surface area contributed by atoms with E-state index in [2.05, 4.69) is 6.92 Å². The normalized spacial score (nSPS) is 15.7. The summed E-state index contributed by atoms with van der Waals surface area (Å²) in [6.07, 6.45) is 4.75. The van der Waals surface area contributed by atoms with Gasteiger partial charge in [-0.15, -0.1) is 0 Å². The maximum atomic E-state index is 12.2. The van der Waals surface area contributed by atoms with Crippen LogP contribution in [0.5, 0.6) is 0 Å². The summed E-state index contributed by atoms with van der Waals surface area (Å²) in [6.45, 7) is 3.61. The SMILES string of the molecule is CCCc1ccc(C(=O)CCC(=O)N2CCC(OC)CC2)cc1. The number of hydrogen-bond donors (Lipinski definition) is 0.